The van der Waals surface area contributed by atoms with Crippen LogP contribution in [0.15, 0.2) is 0 Å². The van der Waals surface area contributed by atoms with Crippen LogP contribution in [0.5, 0.6) is 0 Å². The van der Waals surface area contributed by atoms with Crippen molar-refractivity contribution in [3.63, 3.8) is 0 Å². The Morgan fingerprint density at radius 3 is 2.38 bits per heavy atom. The predicted molar refractivity (Wildman–Crippen MR) is 79.1 cm³/mol. The van der Waals surface area contributed by atoms with E-state index >= 15 is 0 Å². The molecule has 1 rings (SSSR count). The van der Waals surface area contributed by atoms with Gasteiger partial charge in [-0.25, -0.2) is 4.79 Å². The number of ether oxygens (including phenoxy) is 1. The Balaban J connectivity index is 2.26. The SMILES string of the molecule is CC(C)[C@@H](NC(=O)CSCC(=O)N1CCOCC1)C(=O)O. The summed E-state index contributed by atoms with van der Waals surface area (Å²) in [6.45, 7) is 5.72. The minimum Gasteiger partial charge on any atom is -0.480 e. The number of thioether (sulfide) groups is 1. The predicted octanol–water partition coefficient (Wildman–Crippen LogP) is -0.196. The quantitative estimate of drug-likeness (QED) is 0.675. The van der Waals surface area contributed by atoms with Crippen molar-refractivity contribution in [3.8, 4) is 0 Å². The van der Waals surface area contributed by atoms with Gasteiger partial charge in [0, 0.05) is 13.1 Å². The van der Waals surface area contributed by atoms with Crippen molar-refractivity contribution < 1.29 is 24.2 Å². The van der Waals surface area contributed by atoms with Gasteiger partial charge in [0.15, 0.2) is 0 Å². The largest absolute Gasteiger partial charge is 0.480 e. The third-order valence-corrected chi connectivity index (χ3v) is 3.99. The van der Waals surface area contributed by atoms with E-state index in [-0.39, 0.29) is 29.2 Å². The van der Waals surface area contributed by atoms with Crippen LogP contribution in [0.3, 0.4) is 0 Å². The third kappa shape index (κ3) is 6.34. The highest BCUT2D eigenvalue weighted by atomic mass is 32.2. The van der Waals surface area contributed by atoms with E-state index in [1.807, 2.05) is 0 Å². The van der Waals surface area contributed by atoms with E-state index in [0.717, 1.165) is 0 Å². The Morgan fingerprint density at radius 1 is 1.24 bits per heavy atom. The average Bonchev–Trinajstić information content (AvgIpc) is 2.45. The van der Waals surface area contributed by atoms with Gasteiger partial charge < -0.3 is 20.1 Å². The summed E-state index contributed by atoms with van der Waals surface area (Å²) in [5.74, 6) is -1.33. The van der Waals surface area contributed by atoms with Crippen LogP contribution in [0, 0.1) is 5.92 Å². The molecule has 0 saturated carbocycles. The van der Waals surface area contributed by atoms with E-state index in [9.17, 15) is 14.4 Å². The Hall–Kier alpha value is -1.28. The molecule has 0 spiro atoms. The highest BCUT2D eigenvalue weighted by Gasteiger charge is 2.23. The molecular weight excluding hydrogens is 296 g/mol. The second-order valence-electron chi connectivity index (χ2n) is 5.11. The fourth-order valence-electron chi connectivity index (χ4n) is 1.86. The minimum absolute atomic E-state index is 0.0188. The molecule has 1 saturated heterocycles. The van der Waals surface area contributed by atoms with Gasteiger partial charge in [-0.15, -0.1) is 11.8 Å². The number of hydrogen-bond donors (Lipinski definition) is 2. The number of nitrogens with one attached hydrogen (secondary N) is 1. The molecule has 0 aromatic heterocycles. The standard InChI is InChI=1S/C13H22N2O5S/c1-9(2)12(13(18)19)14-10(16)7-21-8-11(17)15-3-5-20-6-4-15/h9,12H,3-8H2,1-2H3,(H,14,16)(H,18,19)/t12-/m1/s1. The van der Waals surface area contributed by atoms with Crippen LogP contribution in [-0.4, -0.2) is 71.6 Å². The van der Waals surface area contributed by atoms with Crippen molar-refractivity contribution in [2.45, 2.75) is 19.9 Å². The fraction of sp³-hybridized carbons (Fsp3) is 0.769. The first kappa shape index (κ1) is 17.8. The molecule has 0 unspecified atom stereocenters. The van der Waals surface area contributed by atoms with Gasteiger partial charge in [-0.1, -0.05) is 13.8 Å². The van der Waals surface area contributed by atoms with E-state index in [1.165, 1.54) is 11.8 Å². The fourth-order valence-corrected chi connectivity index (χ4v) is 2.59. The Bertz CT molecular complexity index is 383. The van der Waals surface area contributed by atoms with Gasteiger partial charge >= 0.3 is 5.97 Å². The summed E-state index contributed by atoms with van der Waals surface area (Å²) in [6, 6.07) is -0.895. The molecule has 0 bridgehead atoms. The number of amides is 2. The number of carbonyl (C=O) groups excluding carboxylic acids is 2. The molecule has 0 aromatic rings. The summed E-state index contributed by atoms with van der Waals surface area (Å²) >= 11 is 1.19. The van der Waals surface area contributed by atoms with Crippen LogP contribution in [0.4, 0.5) is 0 Å². The van der Waals surface area contributed by atoms with Gasteiger partial charge in [0.2, 0.25) is 11.8 Å². The van der Waals surface area contributed by atoms with Crippen molar-refractivity contribution >= 4 is 29.5 Å². The molecular formula is C13H22N2O5S. The first-order valence-electron chi connectivity index (χ1n) is 6.87. The van der Waals surface area contributed by atoms with Gasteiger partial charge in [-0.2, -0.15) is 0 Å². The lowest BCUT2D eigenvalue weighted by Gasteiger charge is -2.26. The summed E-state index contributed by atoms with van der Waals surface area (Å²) in [6.07, 6.45) is 0. The Morgan fingerprint density at radius 2 is 1.86 bits per heavy atom. The van der Waals surface area contributed by atoms with E-state index in [4.69, 9.17) is 9.84 Å². The highest BCUT2D eigenvalue weighted by molar-refractivity contribution is 8.00. The molecule has 120 valence electrons. The maximum Gasteiger partial charge on any atom is 0.326 e. The number of rotatable bonds is 7. The summed E-state index contributed by atoms with van der Waals surface area (Å²) in [4.78, 5) is 36.2. The molecule has 2 N–H and O–H groups in total. The summed E-state index contributed by atoms with van der Waals surface area (Å²) < 4.78 is 5.16. The number of carboxylic acids is 1. The van der Waals surface area contributed by atoms with E-state index < -0.39 is 12.0 Å². The first-order valence-corrected chi connectivity index (χ1v) is 8.02. The van der Waals surface area contributed by atoms with Crippen LogP contribution in [0.2, 0.25) is 0 Å². The second kappa shape index (κ2) is 8.89. The first-order chi connectivity index (χ1) is 9.91. The number of nitrogens with zero attached hydrogens (tertiary/aromatic N) is 1. The van der Waals surface area contributed by atoms with Gasteiger partial charge in [-0.05, 0) is 5.92 Å². The third-order valence-electron chi connectivity index (χ3n) is 3.07. The number of hydrogen-bond acceptors (Lipinski definition) is 5. The number of aliphatic carboxylic acids is 1. The molecule has 2 amide bonds. The van der Waals surface area contributed by atoms with Crippen LogP contribution in [-0.2, 0) is 19.1 Å². The molecule has 0 radical (unpaired) electrons. The summed E-state index contributed by atoms with van der Waals surface area (Å²) in [7, 11) is 0. The molecule has 0 aliphatic carbocycles. The molecule has 1 fully saturated rings. The van der Waals surface area contributed by atoms with Gasteiger partial charge in [0.05, 0.1) is 24.7 Å². The minimum atomic E-state index is -1.05. The Labute approximate surface area is 128 Å². The second-order valence-corrected chi connectivity index (χ2v) is 6.10. The molecule has 1 aliphatic rings. The van der Waals surface area contributed by atoms with Crippen LogP contribution < -0.4 is 5.32 Å². The van der Waals surface area contributed by atoms with Gasteiger partial charge in [0.1, 0.15) is 6.04 Å². The molecule has 8 heteroatoms. The van der Waals surface area contributed by atoms with E-state index in [2.05, 4.69) is 5.32 Å². The van der Waals surface area contributed by atoms with Crippen molar-refractivity contribution in [1.82, 2.24) is 10.2 Å². The van der Waals surface area contributed by atoms with Crippen molar-refractivity contribution in [1.29, 1.82) is 0 Å². The topological polar surface area (TPSA) is 95.9 Å². The number of carboxylic acid groups (broad SMARTS) is 1. The Kier molecular flexibility index (Phi) is 7.52. The molecule has 1 heterocycles. The summed E-state index contributed by atoms with van der Waals surface area (Å²) in [5, 5.41) is 11.4. The normalized spacial score (nSPS) is 16.6. The molecule has 7 nitrogen and oxygen atoms in total. The molecule has 1 atom stereocenters. The monoisotopic (exact) mass is 318 g/mol. The zero-order valence-corrected chi connectivity index (χ0v) is 13.1. The molecule has 21 heavy (non-hydrogen) atoms. The highest BCUT2D eigenvalue weighted by Crippen LogP contribution is 2.06. The average molecular weight is 318 g/mol. The number of morpholine rings is 1. The summed E-state index contributed by atoms with van der Waals surface area (Å²) in [5.41, 5.74) is 0. The van der Waals surface area contributed by atoms with Gasteiger partial charge in [-0.3, -0.25) is 9.59 Å². The zero-order valence-electron chi connectivity index (χ0n) is 12.3. The smallest absolute Gasteiger partial charge is 0.326 e. The van der Waals surface area contributed by atoms with Crippen LogP contribution in [0.1, 0.15) is 13.8 Å². The van der Waals surface area contributed by atoms with Crippen LogP contribution >= 0.6 is 11.8 Å². The van der Waals surface area contributed by atoms with Crippen molar-refractivity contribution in [2.24, 2.45) is 5.92 Å². The van der Waals surface area contributed by atoms with Crippen molar-refractivity contribution in [2.75, 3.05) is 37.8 Å². The molecule has 0 aromatic carbocycles. The maximum atomic E-state index is 11.8. The lowest BCUT2D eigenvalue weighted by atomic mass is 10.1. The van der Waals surface area contributed by atoms with Crippen LogP contribution in [0.25, 0.3) is 0 Å². The molecule has 1 aliphatic heterocycles. The lowest BCUT2D eigenvalue weighted by molar-refractivity contribution is -0.142. The van der Waals surface area contributed by atoms with Gasteiger partial charge in [0.25, 0.3) is 0 Å². The van der Waals surface area contributed by atoms with E-state index in [1.54, 1.807) is 18.7 Å². The lowest BCUT2D eigenvalue weighted by Crippen LogP contribution is -2.45. The zero-order chi connectivity index (χ0) is 15.8. The number of carbonyl (C=O) groups is 3. The maximum absolute atomic E-state index is 11.8. The van der Waals surface area contributed by atoms with E-state index in [0.29, 0.717) is 26.3 Å². The van der Waals surface area contributed by atoms with Crippen molar-refractivity contribution in [3.05, 3.63) is 0 Å².